The first-order valence-corrected chi connectivity index (χ1v) is 8.54. The number of amides is 1. The number of carbonyl (C=O) groups excluding carboxylic acids is 1. The second-order valence-electron chi connectivity index (χ2n) is 6.48. The number of hydrogen-bond donors (Lipinski definition) is 0. The molecule has 6 nitrogen and oxygen atoms in total. The molecule has 1 aromatic carbocycles. The van der Waals surface area contributed by atoms with E-state index in [1.54, 1.807) is 12.4 Å². The summed E-state index contributed by atoms with van der Waals surface area (Å²) in [5.41, 5.74) is 3.98. The molecule has 0 aliphatic carbocycles. The van der Waals surface area contributed by atoms with E-state index >= 15 is 0 Å². The highest BCUT2D eigenvalue weighted by molar-refractivity contribution is 5.94. The average molecular weight is 335 g/mol. The molecule has 1 fully saturated rings. The number of rotatable bonds is 2. The molecule has 0 bridgehead atoms. The Bertz CT molecular complexity index is 924. The fourth-order valence-corrected chi connectivity index (χ4v) is 3.26. The quantitative estimate of drug-likeness (QED) is 0.721. The molecule has 3 heterocycles. The minimum atomic E-state index is 0.113. The Morgan fingerprint density at radius 3 is 2.52 bits per heavy atom. The summed E-state index contributed by atoms with van der Waals surface area (Å²) in [4.78, 5) is 21.2. The topological polar surface area (TPSA) is 53.7 Å². The standard InChI is InChI=1S/C19H21N5O/c1-14-3-4-16(13-15(14)2)19(25)23-11-9-22(10-12-23)18-6-7-20-17-5-8-21-24(17)18/h3-8,13H,9-12H2,1-2H3. The number of aromatic nitrogens is 3. The molecule has 2 aromatic heterocycles. The zero-order valence-corrected chi connectivity index (χ0v) is 14.5. The van der Waals surface area contributed by atoms with Crippen molar-refractivity contribution >= 4 is 17.4 Å². The van der Waals surface area contributed by atoms with Crippen molar-refractivity contribution in [3.8, 4) is 0 Å². The van der Waals surface area contributed by atoms with E-state index < -0.39 is 0 Å². The van der Waals surface area contributed by atoms with Gasteiger partial charge in [-0.2, -0.15) is 9.61 Å². The minimum absolute atomic E-state index is 0.113. The van der Waals surface area contributed by atoms with E-state index in [4.69, 9.17) is 0 Å². The predicted octanol–water partition coefficient (Wildman–Crippen LogP) is 2.31. The average Bonchev–Trinajstić information content (AvgIpc) is 3.12. The fraction of sp³-hybridized carbons (Fsp3) is 0.316. The zero-order chi connectivity index (χ0) is 17.4. The molecule has 0 N–H and O–H groups in total. The molecular weight excluding hydrogens is 314 g/mol. The Hall–Kier alpha value is -2.89. The van der Waals surface area contributed by atoms with Crippen molar-refractivity contribution in [2.75, 3.05) is 31.1 Å². The van der Waals surface area contributed by atoms with Crippen LogP contribution < -0.4 is 4.90 Å². The molecule has 4 rings (SSSR count). The molecule has 0 spiro atoms. The van der Waals surface area contributed by atoms with Gasteiger partial charge in [0.2, 0.25) is 0 Å². The monoisotopic (exact) mass is 335 g/mol. The maximum atomic E-state index is 12.8. The molecule has 1 amide bonds. The van der Waals surface area contributed by atoms with Crippen LogP contribution in [0.4, 0.5) is 5.82 Å². The van der Waals surface area contributed by atoms with E-state index in [0.29, 0.717) is 13.1 Å². The first kappa shape index (κ1) is 15.6. The molecule has 3 aromatic rings. The minimum Gasteiger partial charge on any atom is -0.353 e. The smallest absolute Gasteiger partial charge is 0.253 e. The maximum Gasteiger partial charge on any atom is 0.253 e. The van der Waals surface area contributed by atoms with E-state index in [0.717, 1.165) is 35.7 Å². The zero-order valence-electron chi connectivity index (χ0n) is 14.5. The van der Waals surface area contributed by atoms with Crippen LogP contribution in [-0.2, 0) is 0 Å². The summed E-state index contributed by atoms with van der Waals surface area (Å²) in [6.07, 6.45) is 3.56. The van der Waals surface area contributed by atoms with Crippen LogP contribution in [0.1, 0.15) is 21.5 Å². The highest BCUT2D eigenvalue weighted by Crippen LogP contribution is 2.18. The van der Waals surface area contributed by atoms with Crippen molar-refractivity contribution in [2.45, 2.75) is 13.8 Å². The van der Waals surface area contributed by atoms with Gasteiger partial charge in [0.25, 0.3) is 5.91 Å². The van der Waals surface area contributed by atoms with Crippen LogP contribution in [0, 0.1) is 13.8 Å². The molecule has 25 heavy (non-hydrogen) atoms. The normalized spacial score (nSPS) is 15.0. The number of nitrogens with zero attached hydrogens (tertiary/aromatic N) is 5. The largest absolute Gasteiger partial charge is 0.353 e. The summed E-state index contributed by atoms with van der Waals surface area (Å²) in [6.45, 7) is 7.09. The Kier molecular flexibility index (Phi) is 3.87. The van der Waals surface area contributed by atoms with Crippen LogP contribution in [0.15, 0.2) is 42.7 Å². The lowest BCUT2D eigenvalue weighted by Crippen LogP contribution is -2.49. The van der Waals surface area contributed by atoms with Crippen molar-refractivity contribution in [3.05, 3.63) is 59.4 Å². The van der Waals surface area contributed by atoms with Crippen molar-refractivity contribution in [1.82, 2.24) is 19.5 Å². The Morgan fingerprint density at radius 2 is 1.76 bits per heavy atom. The van der Waals surface area contributed by atoms with E-state index in [2.05, 4.69) is 21.9 Å². The van der Waals surface area contributed by atoms with Gasteiger partial charge in [0.1, 0.15) is 5.82 Å². The number of fused-ring (bicyclic) bond motifs is 1. The molecule has 1 aliphatic heterocycles. The van der Waals surface area contributed by atoms with E-state index in [1.165, 1.54) is 5.56 Å². The Balaban J connectivity index is 1.48. The first-order chi connectivity index (χ1) is 12.1. The summed E-state index contributed by atoms with van der Waals surface area (Å²) in [6, 6.07) is 9.79. The summed E-state index contributed by atoms with van der Waals surface area (Å²) in [5.74, 6) is 1.13. The lowest BCUT2D eigenvalue weighted by Gasteiger charge is -2.36. The molecular formula is C19H21N5O. The van der Waals surface area contributed by atoms with Crippen LogP contribution in [0.25, 0.3) is 5.65 Å². The second-order valence-corrected chi connectivity index (χ2v) is 6.48. The lowest BCUT2D eigenvalue weighted by atomic mass is 10.1. The van der Waals surface area contributed by atoms with Gasteiger partial charge in [0.05, 0.1) is 6.20 Å². The van der Waals surface area contributed by atoms with Gasteiger partial charge in [-0.15, -0.1) is 0 Å². The van der Waals surface area contributed by atoms with Gasteiger partial charge < -0.3 is 9.80 Å². The molecule has 0 saturated carbocycles. The van der Waals surface area contributed by atoms with Crippen molar-refractivity contribution in [2.24, 2.45) is 0 Å². The van der Waals surface area contributed by atoms with Gasteiger partial charge in [-0.05, 0) is 43.2 Å². The lowest BCUT2D eigenvalue weighted by molar-refractivity contribution is 0.0746. The molecule has 1 saturated heterocycles. The SMILES string of the molecule is Cc1ccc(C(=O)N2CCN(c3ccnc4ccnn34)CC2)cc1C. The third-order valence-corrected chi connectivity index (χ3v) is 4.91. The van der Waals surface area contributed by atoms with Crippen LogP contribution in [-0.4, -0.2) is 51.6 Å². The number of hydrogen-bond acceptors (Lipinski definition) is 4. The van der Waals surface area contributed by atoms with Crippen LogP contribution in [0.2, 0.25) is 0 Å². The Labute approximate surface area is 146 Å². The molecule has 0 radical (unpaired) electrons. The van der Waals surface area contributed by atoms with Gasteiger partial charge in [0, 0.05) is 44.0 Å². The predicted molar refractivity (Wildman–Crippen MR) is 97.0 cm³/mol. The maximum absolute atomic E-state index is 12.8. The number of carbonyl (C=O) groups is 1. The van der Waals surface area contributed by atoms with Gasteiger partial charge >= 0.3 is 0 Å². The van der Waals surface area contributed by atoms with Gasteiger partial charge in [0.15, 0.2) is 5.65 Å². The third kappa shape index (κ3) is 2.84. The first-order valence-electron chi connectivity index (χ1n) is 8.54. The summed E-state index contributed by atoms with van der Waals surface area (Å²) in [7, 11) is 0. The van der Waals surface area contributed by atoms with Crippen molar-refractivity contribution in [1.29, 1.82) is 0 Å². The van der Waals surface area contributed by atoms with Crippen LogP contribution in [0.3, 0.4) is 0 Å². The summed E-state index contributed by atoms with van der Waals surface area (Å²) < 4.78 is 1.85. The van der Waals surface area contributed by atoms with Gasteiger partial charge in [-0.25, -0.2) is 4.98 Å². The fourth-order valence-electron chi connectivity index (χ4n) is 3.26. The molecule has 1 aliphatic rings. The van der Waals surface area contributed by atoms with Crippen molar-refractivity contribution in [3.63, 3.8) is 0 Å². The highest BCUT2D eigenvalue weighted by atomic mass is 16.2. The van der Waals surface area contributed by atoms with E-state index in [1.807, 2.05) is 46.7 Å². The van der Waals surface area contributed by atoms with E-state index in [9.17, 15) is 4.79 Å². The highest BCUT2D eigenvalue weighted by Gasteiger charge is 2.23. The Morgan fingerprint density at radius 1 is 0.960 bits per heavy atom. The van der Waals surface area contributed by atoms with Crippen molar-refractivity contribution < 1.29 is 4.79 Å². The summed E-state index contributed by atoms with van der Waals surface area (Å²) in [5, 5.41) is 4.35. The number of anilines is 1. The van der Waals surface area contributed by atoms with Crippen LogP contribution in [0.5, 0.6) is 0 Å². The molecule has 128 valence electrons. The van der Waals surface area contributed by atoms with Gasteiger partial charge in [-0.3, -0.25) is 4.79 Å². The number of aryl methyl sites for hydroxylation is 2. The third-order valence-electron chi connectivity index (χ3n) is 4.91. The van der Waals surface area contributed by atoms with E-state index in [-0.39, 0.29) is 5.91 Å². The van der Waals surface area contributed by atoms with Crippen LogP contribution >= 0.6 is 0 Å². The summed E-state index contributed by atoms with van der Waals surface area (Å²) >= 11 is 0. The molecule has 0 unspecified atom stereocenters. The van der Waals surface area contributed by atoms with Gasteiger partial charge in [-0.1, -0.05) is 6.07 Å². The second kappa shape index (κ2) is 6.20. The molecule has 6 heteroatoms. The number of piperazine rings is 1. The number of benzene rings is 1. The molecule has 0 atom stereocenters.